The van der Waals surface area contributed by atoms with E-state index in [1.54, 1.807) is 31.6 Å². The van der Waals surface area contributed by atoms with E-state index >= 15 is 0 Å². The van der Waals surface area contributed by atoms with Crippen LogP contribution in [0.3, 0.4) is 0 Å². The fourth-order valence-corrected chi connectivity index (χ4v) is 2.43. The van der Waals surface area contributed by atoms with Crippen molar-refractivity contribution < 1.29 is 14.3 Å². The van der Waals surface area contributed by atoms with Gasteiger partial charge in [0.25, 0.3) is 0 Å². The molecule has 8 nitrogen and oxygen atoms in total. The van der Waals surface area contributed by atoms with Crippen molar-refractivity contribution >= 4 is 11.7 Å². The molecular weight excluding hydrogens is 334 g/mol. The van der Waals surface area contributed by atoms with Crippen molar-refractivity contribution in [2.45, 2.75) is 6.54 Å². The van der Waals surface area contributed by atoms with Gasteiger partial charge in [0.05, 0.1) is 20.8 Å². The zero-order valence-corrected chi connectivity index (χ0v) is 14.5. The van der Waals surface area contributed by atoms with E-state index in [-0.39, 0.29) is 12.6 Å². The molecule has 0 unspecified atom stereocenters. The maximum atomic E-state index is 12.2. The molecule has 134 valence electrons. The van der Waals surface area contributed by atoms with Gasteiger partial charge in [-0.25, -0.2) is 4.79 Å². The molecule has 1 aromatic heterocycles. The van der Waals surface area contributed by atoms with Crippen molar-refractivity contribution in [2.24, 2.45) is 0 Å². The van der Waals surface area contributed by atoms with Gasteiger partial charge in [0.15, 0.2) is 17.3 Å². The number of aromatic nitrogens is 3. The molecule has 8 heteroatoms. The Kier molecular flexibility index (Phi) is 5.33. The molecule has 0 aliphatic carbocycles. The highest BCUT2D eigenvalue weighted by atomic mass is 16.5. The minimum absolute atomic E-state index is 0.230. The molecule has 0 radical (unpaired) electrons. The minimum Gasteiger partial charge on any atom is -0.493 e. The second-order valence-corrected chi connectivity index (χ2v) is 5.33. The summed E-state index contributed by atoms with van der Waals surface area (Å²) in [7, 11) is 3.10. The summed E-state index contributed by atoms with van der Waals surface area (Å²) >= 11 is 0. The first-order chi connectivity index (χ1) is 12.7. The molecule has 3 aromatic rings. The number of methoxy groups -OCH3 is 2. The third-order valence-electron chi connectivity index (χ3n) is 3.70. The molecule has 1 heterocycles. The Balaban J connectivity index is 1.63. The number of anilines is 1. The lowest BCUT2D eigenvalue weighted by molar-refractivity contribution is 0.251. The van der Waals surface area contributed by atoms with Gasteiger partial charge in [-0.2, -0.15) is 0 Å². The number of para-hydroxylation sites is 1. The molecule has 2 aromatic carbocycles. The largest absolute Gasteiger partial charge is 0.493 e. The van der Waals surface area contributed by atoms with Crippen molar-refractivity contribution in [3.05, 3.63) is 60.7 Å². The third kappa shape index (κ3) is 3.92. The number of benzene rings is 2. The molecule has 0 aliphatic heterocycles. The van der Waals surface area contributed by atoms with E-state index < -0.39 is 0 Å². The smallest absolute Gasteiger partial charge is 0.319 e. The summed E-state index contributed by atoms with van der Waals surface area (Å²) in [6.07, 6.45) is 1.61. The topological polar surface area (TPSA) is 90.3 Å². The van der Waals surface area contributed by atoms with Gasteiger partial charge in [-0.1, -0.05) is 18.2 Å². The lowest BCUT2D eigenvalue weighted by atomic mass is 10.3. The van der Waals surface area contributed by atoms with Crippen LogP contribution in [0.1, 0.15) is 5.82 Å². The fourth-order valence-electron chi connectivity index (χ4n) is 2.43. The number of amides is 2. The first-order valence-electron chi connectivity index (χ1n) is 7.92. The van der Waals surface area contributed by atoms with Crippen LogP contribution in [-0.4, -0.2) is 35.0 Å². The average Bonchev–Trinajstić information content (AvgIpc) is 3.15. The van der Waals surface area contributed by atoms with Crippen molar-refractivity contribution in [3.8, 4) is 17.2 Å². The van der Waals surface area contributed by atoms with E-state index in [2.05, 4.69) is 20.8 Å². The van der Waals surface area contributed by atoms with Gasteiger partial charge in [0, 0.05) is 17.4 Å². The van der Waals surface area contributed by atoms with Crippen LogP contribution in [0.25, 0.3) is 5.69 Å². The maximum Gasteiger partial charge on any atom is 0.319 e. The van der Waals surface area contributed by atoms with E-state index in [1.165, 1.54) is 7.11 Å². The molecule has 2 N–H and O–H groups in total. The quantitative estimate of drug-likeness (QED) is 0.711. The van der Waals surface area contributed by atoms with E-state index in [0.717, 1.165) is 5.69 Å². The van der Waals surface area contributed by atoms with Crippen LogP contribution < -0.4 is 20.1 Å². The van der Waals surface area contributed by atoms with Gasteiger partial charge < -0.3 is 20.1 Å². The summed E-state index contributed by atoms with van der Waals surface area (Å²) in [5.41, 5.74) is 1.51. The molecule has 0 fully saturated rings. The summed E-state index contributed by atoms with van der Waals surface area (Å²) in [5, 5.41) is 13.5. The summed E-state index contributed by atoms with van der Waals surface area (Å²) in [6.45, 7) is 0.230. The predicted octanol–water partition coefficient (Wildman–Crippen LogP) is 2.61. The Bertz CT molecular complexity index is 880. The molecule has 3 rings (SSSR count). The number of nitrogens with one attached hydrogen (secondary N) is 2. The van der Waals surface area contributed by atoms with E-state index in [1.807, 2.05) is 34.9 Å². The van der Waals surface area contributed by atoms with Gasteiger partial charge in [-0.3, -0.25) is 4.57 Å². The van der Waals surface area contributed by atoms with Crippen molar-refractivity contribution in [1.29, 1.82) is 0 Å². The van der Waals surface area contributed by atoms with Crippen LogP contribution in [-0.2, 0) is 6.54 Å². The lowest BCUT2D eigenvalue weighted by Gasteiger charge is -2.11. The number of urea groups is 1. The Labute approximate surface area is 150 Å². The molecule has 0 aliphatic rings. The SMILES string of the molecule is COc1ccc(NC(=O)NCc2nncn2-c2ccccc2)cc1OC. The number of hydrogen-bond acceptors (Lipinski definition) is 5. The van der Waals surface area contributed by atoms with Gasteiger partial charge in [-0.05, 0) is 24.3 Å². The van der Waals surface area contributed by atoms with Crippen LogP contribution in [0.2, 0.25) is 0 Å². The Hall–Kier alpha value is -3.55. The highest BCUT2D eigenvalue weighted by Crippen LogP contribution is 2.29. The standard InChI is InChI=1S/C18H19N5O3/c1-25-15-9-8-13(10-16(15)26-2)21-18(24)19-11-17-22-20-12-23(17)14-6-4-3-5-7-14/h3-10,12H,11H2,1-2H3,(H2,19,21,24). The van der Waals surface area contributed by atoms with Gasteiger partial charge in [0.2, 0.25) is 0 Å². The third-order valence-corrected chi connectivity index (χ3v) is 3.70. The van der Waals surface area contributed by atoms with E-state index in [4.69, 9.17) is 9.47 Å². The first-order valence-corrected chi connectivity index (χ1v) is 7.92. The van der Waals surface area contributed by atoms with E-state index in [9.17, 15) is 4.79 Å². The van der Waals surface area contributed by atoms with E-state index in [0.29, 0.717) is 23.0 Å². The van der Waals surface area contributed by atoms with Crippen LogP contribution >= 0.6 is 0 Å². The Morgan fingerprint density at radius 3 is 2.58 bits per heavy atom. The second kappa shape index (κ2) is 8.02. The van der Waals surface area contributed by atoms with Gasteiger partial charge in [0.1, 0.15) is 6.33 Å². The van der Waals surface area contributed by atoms with Crippen molar-refractivity contribution in [2.75, 3.05) is 19.5 Å². The monoisotopic (exact) mass is 353 g/mol. The highest BCUT2D eigenvalue weighted by Gasteiger charge is 2.10. The summed E-state index contributed by atoms with van der Waals surface area (Å²) < 4.78 is 12.2. The first kappa shape index (κ1) is 17.3. The molecule has 0 bridgehead atoms. The number of carbonyl (C=O) groups is 1. The van der Waals surface area contributed by atoms with Crippen LogP contribution in [0, 0.1) is 0 Å². The molecule has 0 saturated carbocycles. The zero-order chi connectivity index (χ0) is 18.4. The average molecular weight is 353 g/mol. The van der Waals surface area contributed by atoms with Crippen LogP contribution in [0.5, 0.6) is 11.5 Å². The normalized spacial score (nSPS) is 10.2. The molecule has 0 atom stereocenters. The summed E-state index contributed by atoms with van der Waals surface area (Å²) in [4.78, 5) is 12.2. The number of carbonyl (C=O) groups excluding carboxylic acids is 1. The summed E-state index contributed by atoms with van der Waals surface area (Å²) in [5.74, 6) is 1.75. The van der Waals surface area contributed by atoms with Gasteiger partial charge in [-0.15, -0.1) is 10.2 Å². The molecule has 2 amide bonds. The fraction of sp³-hybridized carbons (Fsp3) is 0.167. The maximum absolute atomic E-state index is 12.2. The number of nitrogens with zero attached hydrogens (tertiary/aromatic N) is 3. The highest BCUT2D eigenvalue weighted by molar-refractivity contribution is 5.89. The molecule has 26 heavy (non-hydrogen) atoms. The van der Waals surface area contributed by atoms with Crippen molar-refractivity contribution in [3.63, 3.8) is 0 Å². The van der Waals surface area contributed by atoms with Crippen LogP contribution in [0.15, 0.2) is 54.9 Å². The number of rotatable bonds is 6. The Morgan fingerprint density at radius 1 is 1.08 bits per heavy atom. The summed E-state index contributed by atoms with van der Waals surface area (Å²) in [6, 6.07) is 14.4. The Morgan fingerprint density at radius 2 is 1.85 bits per heavy atom. The molecular formula is C18H19N5O3. The minimum atomic E-state index is -0.361. The number of hydrogen-bond donors (Lipinski definition) is 2. The zero-order valence-electron chi connectivity index (χ0n) is 14.5. The lowest BCUT2D eigenvalue weighted by Crippen LogP contribution is -2.29. The second-order valence-electron chi connectivity index (χ2n) is 5.33. The molecule has 0 spiro atoms. The molecule has 0 saturated heterocycles. The predicted molar refractivity (Wildman–Crippen MR) is 96.8 cm³/mol. The number of ether oxygens (including phenoxy) is 2. The van der Waals surface area contributed by atoms with Crippen molar-refractivity contribution in [1.82, 2.24) is 20.1 Å². The van der Waals surface area contributed by atoms with Crippen LogP contribution in [0.4, 0.5) is 10.5 Å². The van der Waals surface area contributed by atoms with Gasteiger partial charge >= 0.3 is 6.03 Å².